The number of amides is 1. The number of carbonyl (C=O) groups is 1. The Balaban J connectivity index is 2.46. The number of likely N-dealkylation sites (tertiary alicyclic amines) is 1. The maximum absolute atomic E-state index is 11.8. The van der Waals surface area contributed by atoms with E-state index in [-0.39, 0.29) is 11.9 Å². The van der Waals surface area contributed by atoms with Gasteiger partial charge in [0.15, 0.2) is 0 Å². The minimum absolute atomic E-state index is 0.163. The Hall–Kier alpha value is -0.570. The van der Waals surface area contributed by atoms with Crippen LogP contribution in [0.3, 0.4) is 0 Å². The first-order valence-corrected chi connectivity index (χ1v) is 5.62. The lowest BCUT2D eigenvalue weighted by Crippen LogP contribution is -2.42. The molecule has 0 aromatic heterocycles. The fraction of sp³-hybridized carbons (Fsp3) is 0.909. The Morgan fingerprint density at radius 2 is 2.21 bits per heavy atom. The second-order valence-corrected chi connectivity index (χ2v) is 4.28. The van der Waals surface area contributed by atoms with E-state index in [4.69, 9.17) is 0 Å². The summed E-state index contributed by atoms with van der Waals surface area (Å²) in [5.41, 5.74) is 0. The van der Waals surface area contributed by atoms with Crippen molar-refractivity contribution in [3.63, 3.8) is 0 Å². The zero-order valence-corrected chi connectivity index (χ0v) is 9.62. The highest BCUT2D eigenvalue weighted by molar-refractivity contribution is 5.81. The molecule has 0 spiro atoms. The molecule has 0 aromatic rings. The standard InChI is InChI=1S/C11H22N2O/c1-4-5-8-13-9-6-7-10(13)11(14)12(2)3/h10H,4-9H2,1-3H3/t10-/m0/s1. The van der Waals surface area contributed by atoms with Crippen LogP contribution in [0.25, 0.3) is 0 Å². The first kappa shape index (κ1) is 11.5. The van der Waals surface area contributed by atoms with Crippen LogP contribution in [-0.4, -0.2) is 48.9 Å². The molecule has 0 radical (unpaired) electrons. The summed E-state index contributed by atoms with van der Waals surface area (Å²) in [6.07, 6.45) is 4.63. The highest BCUT2D eigenvalue weighted by Crippen LogP contribution is 2.18. The number of hydrogen-bond donors (Lipinski definition) is 0. The molecular weight excluding hydrogens is 176 g/mol. The molecule has 0 bridgehead atoms. The van der Waals surface area contributed by atoms with Crippen LogP contribution in [-0.2, 0) is 4.79 Å². The molecule has 3 heteroatoms. The van der Waals surface area contributed by atoms with Gasteiger partial charge in [-0.3, -0.25) is 9.69 Å². The van der Waals surface area contributed by atoms with Crippen molar-refractivity contribution in [2.24, 2.45) is 0 Å². The van der Waals surface area contributed by atoms with Crippen molar-refractivity contribution < 1.29 is 4.79 Å². The molecule has 0 saturated carbocycles. The number of unbranched alkanes of at least 4 members (excludes halogenated alkanes) is 1. The molecule has 82 valence electrons. The van der Waals surface area contributed by atoms with Gasteiger partial charge < -0.3 is 4.90 Å². The van der Waals surface area contributed by atoms with Gasteiger partial charge >= 0.3 is 0 Å². The van der Waals surface area contributed by atoms with E-state index in [9.17, 15) is 4.79 Å². The molecule has 1 fully saturated rings. The minimum Gasteiger partial charge on any atom is -0.347 e. The Morgan fingerprint density at radius 3 is 2.79 bits per heavy atom. The van der Waals surface area contributed by atoms with E-state index in [2.05, 4.69) is 11.8 Å². The van der Waals surface area contributed by atoms with Crippen molar-refractivity contribution in [2.45, 2.75) is 38.6 Å². The quantitative estimate of drug-likeness (QED) is 0.680. The maximum atomic E-state index is 11.8. The largest absolute Gasteiger partial charge is 0.347 e. The zero-order valence-electron chi connectivity index (χ0n) is 9.62. The molecule has 3 nitrogen and oxygen atoms in total. The third-order valence-electron chi connectivity index (χ3n) is 2.89. The summed E-state index contributed by atoms with van der Waals surface area (Å²) in [5.74, 6) is 0.276. The average Bonchev–Trinajstić information content (AvgIpc) is 2.61. The number of rotatable bonds is 4. The number of likely N-dealkylation sites (N-methyl/N-ethyl adjacent to an activating group) is 1. The van der Waals surface area contributed by atoms with Crippen LogP contribution >= 0.6 is 0 Å². The van der Waals surface area contributed by atoms with Crippen molar-refractivity contribution in [3.05, 3.63) is 0 Å². The maximum Gasteiger partial charge on any atom is 0.239 e. The van der Waals surface area contributed by atoms with E-state index in [1.807, 2.05) is 14.1 Å². The van der Waals surface area contributed by atoms with E-state index >= 15 is 0 Å². The van der Waals surface area contributed by atoms with Gasteiger partial charge in [-0.1, -0.05) is 13.3 Å². The molecule has 0 N–H and O–H groups in total. The second-order valence-electron chi connectivity index (χ2n) is 4.28. The van der Waals surface area contributed by atoms with Crippen LogP contribution in [0.15, 0.2) is 0 Å². The summed E-state index contributed by atoms with van der Waals surface area (Å²) in [6, 6.07) is 0.163. The average molecular weight is 198 g/mol. The van der Waals surface area contributed by atoms with Gasteiger partial charge in [0.1, 0.15) is 0 Å². The van der Waals surface area contributed by atoms with Crippen LogP contribution in [0.1, 0.15) is 32.6 Å². The van der Waals surface area contributed by atoms with Gasteiger partial charge in [0.25, 0.3) is 0 Å². The highest BCUT2D eigenvalue weighted by atomic mass is 16.2. The van der Waals surface area contributed by atoms with Crippen LogP contribution in [0, 0.1) is 0 Å². The molecule has 0 aromatic carbocycles. The molecular formula is C11H22N2O. The molecule has 1 atom stereocenters. The normalized spacial score (nSPS) is 22.6. The van der Waals surface area contributed by atoms with Crippen LogP contribution < -0.4 is 0 Å². The first-order chi connectivity index (χ1) is 6.66. The Labute approximate surface area is 87.1 Å². The number of carbonyl (C=O) groups excluding carboxylic acids is 1. The summed E-state index contributed by atoms with van der Waals surface area (Å²) in [7, 11) is 3.69. The van der Waals surface area contributed by atoms with E-state index in [0.717, 1.165) is 19.5 Å². The Bertz CT molecular complexity index is 192. The molecule has 1 amide bonds. The van der Waals surface area contributed by atoms with Crippen molar-refractivity contribution in [1.82, 2.24) is 9.80 Å². The lowest BCUT2D eigenvalue weighted by Gasteiger charge is -2.25. The van der Waals surface area contributed by atoms with E-state index < -0.39 is 0 Å². The summed E-state index contributed by atoms with van der Waals surface area (Å²) in [4.78, 5) is 15.9. The summed E-state index contributed by atoms with van der Waals surface area (Å²) < 4.78 is 0. The van der Waals surface area contributed by atoms with Gasteiger partial charge in [-0.05, 0) is 32.4 Å². The fourth-order valence-corrected chi connectivity index (χ4v) is 2.03. The highest BCUT2D eigenvalue weighted by Gasteiger charge is 2.30. The van der Waals surface area contributed by atoms with Gasteiger partial charge in [-0.25, -0.2) is 0 Å². The van der Waals surface area contributed by atoms with Gasteiger partial charge in [0, 0.05) is 14.1 Å². The summed E-state index contributed by atoms with van der Waals surface area (Å²) in [5, 5.41) is 0. The van der Waals surface area contributed by atoms with E-state index in [0.29, 0.717) is 0 Å². The molecule has 1 aliphatic heterocycles. The lowest BCUT2D eigenvalue weighted by atomic mass is 10.2. The van der Waals surface area contributed by atoms with Crippen LogP contribution in [0.5, 0.6) is 0 Å². The number of hydrogen-bond acceptors (Lipinski definition) is 2. The van der Waals surface area contributed by atoms with Crippen LogP contribution in [0.2, 0.25) is 0 Å². The fourth-order valence-electron chi connectivity index (χ4n) is 2.03. The zero-order chi connectivity index (χ0) is 10.6. The predicted octanol–water partition coefficient (Wildman–Crippen LogP) is 1.34. The topological polar surface area (TPSA) is 23.6 Å². The Kier molecular flexibility index (Phi) is 4.39. The monoisotopic (exact) mass is 198 g/mol. The Morgan fingerprint density at radius 1 is 1.50 bits per heavy atom. The first-order valence-electron chi connectivity index (χ1n) is 5.62. The molecule has 14 heavy (non-hydrogen) atoms. The summed E-state index contributed by atoms with van der Waals surface area (Å²) in [6.45, 7) is 4.38. The molecule has 0 aliphatic carbocycles. The molecule has 1 heterocycles. The lowest BCUT2D eigenvalue weighted by molar-refractivity contribution is -0.133. The summed E-state index contributed by atoms with van der Waals surface area (Å²) >= 11 is 0. The van der Waals surface area contributed by atoms with Gasteiger partial charge in [0.05, 0.1) is 6.04 Å². The van der Waals surface area contributed by atoms with Crippen molar-refractivity contribution in [2.75, 3.05) is 27.2 Å². The number of nitrogens with zero attached hydrogens (tertiary/aromatic N) is 2. The molecule has 1 saturated heterocycles. The van der Waals surface area contributed by atoms with Crippen molar-refractivity contribution in [1.29, 1.82) is 0 Å². The molecule has 1 rings (SSSR count). The minimum atomic E-state index is 0.163. The third kappa shape index (κ3) is 2.71. The second kappa shape index (κ2) is 5.35. The SMILES string of the molecule is CCCCN1CCC[C@H]1C(=O)N(C)C. The van der Waals surface area contributed by atoms with Gasteiger partial charge in [-0.15, -0.1) is 0 Å². The van der Waals surface area contributed by atoms with Crippen molar-refractivity contribution in [3.8, 4) is 0 Å². The van der Waals surface area contributed by atoms with E-state index in [1.165, 1.54) is 19.3 Å². The smallest absolute Gasteiger partial charge is 0.239 e. The van der Waals surface area contributed by atoms with E-state index in [1.54, 1.807) is 4.90 Å². The molecule has 1 aliphatic rings. The van der Waals surface area contributed by atoms with Crippen molar-refractivity contribution >= 4 is 5.91 Å². The van der Waals surface area contributed by atoms with Crippen LogP contribution in [0.4, 0.5) is 0 Å². The molecule has 0 unspecified atom stereocenters. The predicted molar refractivity (Wildman–Crippen MR) is 58.2 cm³/mol. The van der Waals surface area contributed by atoms with Gasteiger partial charge in [-0.2, -0.15) is 0 Å². The van der Waals surface area contributed by atoms with Gasteiger partial charge in [0.2, 0.25) is 5.91 Å². The third-order valence-corrected chi connectivity index (χ3v) is 2.89.